The summed E-state index contributed by atoms with van der Waals surface area (Å²) in [5, 5.41) is 4.93. The molecule has 1 aliphatic heterocycles. The van der Waals surface area contributed by atoms with E-state index in [2.05, 4.69) is 15.7 Å². The van der Waals surface area contributed by atoms with Crippen molar-refractivity contribution in [3.05, 3.63) is 57.0 Å². The second-order valence-corrected chi connectivity index (χ2v) is 7.77. The van der Waals surface area contributed by atoms with Crippen LogP contribution in [0.4, 0.5) is 0 Å². The number of hydroxylamine groups is 1. The van der Waals surface area contributed by atoms with E-state index >= 15 is 0 Å². The van der Waals surface area contributed by atoms with Gasteiger partial charge in [0.15, 0.2) is 15.6 Å². The lowest BCUT2D eigenvalue weighted by atomic mass is 9.95. The highest BCUT2D eigenvalue weighted by molar-refractivity contribution is 7.90. The number of aromatic nitrogens is 2. The van der Waals surface area contributed by atoms with Crippen LogP contribution >= 0.6 is 0 Å². The molecule has 1 aromatic heterocycles. The summed E-state index contributed by atoms with van der Waals surface area (Å²) in [6.07, 6.45) is 4.18. The molecule has 3 N–H and O–H groups in total. The molecule has 0 aliphatic carbocycles. The number of Topliss-reactive ketones (excluding diaryl/α,β-unsaturated/α-hetero) is 1. The molecule has 2 aromatic rings. The van der Waals surface area contributed by atoms with Crippen molar-refractivity contribution in [1.82, 2.24) is 15.7 Å². The average Bonchev–Trinajstić information content (AvgIpc) is 3.18. The Morgan fingerprint density at radius 1 is 1.32 bits per heavy atom. The third-order valence-corrected chi connectivity index (χ3v) is 5.16. The molecule has 2 heterocycles. The van der Waals surface area contributed by atoms with E-state index in [9.17, 15) is 18.0 Å². The minimum atomic E-state index is -3.50. The van der Waals surface area contributed by atoms with Gasteiger partial charge >= 0.3 is 0 Å². The molecule has 0 atom stereocenters. The summed E-state index contributed by atoms with van der Waals surface area (Å²) < 4.78 is 24.2. The van der Waals surface area contributed by atoms with Crippen LogP contribution in [0.25, 0.3) is 5.70 Å². The molecule has 1 aromatic carbocycles. The van der Waals surface area contributed by atoms with E-state index in [4.69, 9.17) is 4.84 Å². The number of benzene rings is 1. The Morgan fingerprint density at radius 2 is 2.08 bits per heavy atom. The van der Waals surface area contributed by atoms with Crippen LogP contribution in [-0.4, -0.2) is 37.3 Å². The molecule has 0 amide bonds. The maximum absolute atomic E-state index is 12.6. The van der Waals surface area contributed by atoms with Gasteiger partial charge in [0.1, 0.15) is 0 Å². The van der Waals surface area contributed by atoms with Gasteiger partial charge < -0.3 is 5.10 Å². The molecule has 0 saturated heterocycles. The van der Waals surface area contributed by atoms with Crippen LogP contribution in [0.2, 0.25) is 0 Å². The molecule has 0 unspecified atom stereocenters. The van der Waals surface area contributed by atoms with E-state index in [0.717, 1.165) is 6.26 Å². The van der Waals surface area contributed by atoms with Crippen LogP contribution in [0.1, 0.15) is 27.0 Å². The molecule has 1 aliphatic rings. The SMILES string of the molecule is Cc1c(C(=O)Cc2c[nH][nH]c2=O)ccc(S(C)(=O)=O)c1C1=CCON1. The van der Waals surface area contributed by atoms with E-state index in [1.807, 2.05) is 0 Å². The van der Waals surface area contributed by atoms with Gasteiger partial charge in [-0.05, 0) is 30.7 Å². The second kappa shape index (κ2) is 6.34. The molecule has 0 spiro atoms. The van der Waals surface area contributed by atoms with E-state index in [1.54, 1.807) is 13.0 Å². The summed E-state index contributed by atoms with van der Waals surface area (Å²) >= 11 is 0. The minimum Gasteiger partial charge on any atom is -0.305 e. The Labute approximate surface area is 143 Å². The van der Waals surface area contributed by atoms with Gasteiger partial charge in [-0.15, -0.1) is 0 Å². The predicted molar refractivity (Wildman–Crippen MR) is 90.8 cm³/mol. The van der Waals surface area contributed by atoms with Crippen molar-refractivity contribution < 1.29 is 18.0 Å². The average molecular weight is 363 g/mol. The summed E-state index contributed by atoms with van der Waals surface area (Å²) in [6, 6.07) is 2.89. The highest BCUT2D eigenvalue weighted by Crippen LogP contribution is 2.30. The topological polar surface area (TPSA) is 121 Å². The van der Waals surface area contributed by atoms with E-state index < -0.39 is 9.84 Å². The maximum atomic E-state index is 12.6. The number of H-pyrrole nitrogens is 2. The molecule has 25 heavy (non-hydrogen) atoms. The summed E-state index contributed by atoms with van der Waals surface area (Å²) in [4.78, 5) is 29.4. The van der Waals surface area contributed by atoms with Gasteiger partial charge in [-0.25, -0.2) is 8.42 Å². The van der Waals surface area contributed by atoms with Crippen LogP contribution in [0.15, 0.2) is 34.1 Å². The standard InChI is InChI=1S/C16H17N3O5S/c1-9-11(13(20)7-10-8-17-18-16(10)21)3-4-14(25(2,22)23)15(9)12-5-6-24-19-12/h3-5,8,19H,6-7H2,1-2H3,(H2,17,18,21). The van der Waals surface area contributed by atoms with Gasteiger partial charge in [-0.1, -0.05) is 0 Å². The maximum Gasteiger partial charge on any atom is 0.267 e. The van der Waals surface area contributed by atoms with Crippen molar-refractivity contribution in [3.8, 4) is 0 Å². The zero-order valence-electron chi connectivity index (χ0n) is 13.7. The van der Waals surface area contributed by atoms with Crippen LogP contribution in [0, 0.1) is 6.92 Å². The van der Waals surface area contributed by atoms with E-state index in [-0.39, 0.29) is 22.7 Å². The monoisotopic (exact) mass is 363 g/mol. The predicted octanol–water partition coefficient (Wildman–Crippen LogP) is 0.716. The van der Waals surface area contributed by atoms with Crippen molar-refractivity contribution in [2.75, 3.05) is 12.9 Å². The first-order valence-electron chi connectivity index (χ1n) is 7.49. The number of carbonyl (C=O) groups is 1. The van der Waals surface area contributed by atoms with Crippen molar-refractivity contribution >= 4 is 21.3 Å². The van der Waals surface area contributed by atoms with Crippen LogP contribution in [0.3, 0.4) is 0 Å². The zero-order valence-corrected chi connectivity index (χ0v) is 14.5. The van der Waals surface area contributed by atoms with Crippen molar-refractivity contribution in [2.45, 2.75) is 18.2 Å². The number of nitrogens with one attached hydrogen (secondary N) is 3. The minimum absolute atomic E-state index is 0.0830. The number of aromatic amines is 2. The number of sulfone groups is 1. The zero-order chi connectivity index (χ0) is 18.2. The lowest BCUT2D eigenvalue weighted by Gasteiger charge is -2.15. The fourth-order valence-electron chi connectivity index (χ4n) is 2.81. The molecular weight excluding hydrogens is 346 g/mol. The van der Waals surface area contributed by atoms with E-state index in [1.165, 1.54) is 18.3 Å². The summed E-state index contributed by atoms with van der Waals surface area (Å²) in [5.74, 6) is -0.275. The second-order valence-electron chi connectivity index (χ2n) is 5.78. The Hall–Kier alpha value is -2.65. The summed E-state index contributed by atoms with van der Waals surface area (Å²) in [7, 11) is -3.50. The largest absolute Gasteiger partial charge is 0.305 e. The first-order valence-corrected chi connectivity index (χ1v) is 9.38. The van der Waals surface area contributed by atoms with Gasteiger partial charge in [0.2, 0.25) is 0 Å². The third kappa shape index (κ3) is 3.28. The Kier molecular flexibility index (Phi) is 4.36. The molecule has 0 bridgehead atoms. The van der Waals surface area contributed by atoms with Crippen LogP contribution < -0.4 is 11.0 Å². The lowest BCUT2D eigenvalue weighted by molar-refractivity contribution is 0.0992. The molecule has 0 radical (unpaired) electrons. The first kappa shape index (κ1) is 17.2. The van der Waals surface area contributed by atoms with Gasteiger partial charge in [0.05, 0.1) is 17.2 Å². The van der Waals surface area contributed by atoms with Crippen molar-refractivity contribution in [1.29, 1.82) is 0 Å². The normalized spacial score (nSPS) is 14.2. The molecule has 132 valence electrons. The number of carbonyl (C=O) groups excluding carboxylic acids is 1. The lowest BCUT2D eigenvalue weighted by Crippen LogP contribution is -2.16. The Bertz CT molecular complexity index is 1030. The van der Waals surface area contributed by atoms with Gasteiger partial charge in [-0.2, -0.15) is 0 Å². The highest BCUT2D eigenvalue weighted by Gasteiger charge is 2.24. The fourth-order valence-corrected chi connectivity index (χ4v) is 3.75. The summed E-state index contributed by atoms with van der Waals surface area (Å²) in [5.41, 5.74) is 4.43. The number of hydrogen-bond donors (Lipinski definition) is 3. The Morgan fingerprint density at radius 3 is 2.64 bits per heavy atom. The van der Waals surface area contributed by atoms with Gasteiger partial charge in [0.25, 0.3) is 5.56 Å². The highest BCUT2D eigenvalue weighted by atomic mass is 32.2. The molecule has 9 heteroatoms. The quantitative estimate of drug-likeness (QED) is 0.673. The third-order valence-electron chi connectivity index (χ3n) is 4.02. The smallest absolute Gasteiger partial charge is 0.267 e. The number of hydrogen-bond acceptors (Lipinski definition) is 6. The van der Waals surface area contributed by atoms with Gasteiger partial charge in [-0.3, -0.25) is 25.0 Å². The fraction of sp³-hybridized carbons (Fsp3) is 0.250. The number of ketones is 1. The van der Waals surface area contributed by atoms with Crippen molar-refractivity contribution in [2.24, 2.45) is 0 Å². The number of rotatable bonds is 5. The van der Waals surface area contributed by atoms with Crippen LogP contribution in [0.5, 0.6) is 0 Å². The van der Waals surface area contributed by atoms with Gasteiger partial charge in [0, 0.05) is 35.6 Å². The van der Waals surface area contributed by atoms with Crippen LogP contribution in [-0.2, 0) is 21.1 Å². The summed E-state index contributed by atoms with van der Waals surface area (Å²) in [6.45, 7) is 1.98. The molecule has 0 saturated carbocycles. The molecule has 0 fully saturated rings. The molecule has 3 rings (SSSR count). The van der Waals surface area contributed by atoms with Crippen molar-refractivity contribution in [3.63, 3.8) is 0 Å². The molecule has 8 nitrogen and oxygen atoms in total. The van der Waals surface area contributed by atoms with E-state index in [0.29, 0.717) is 34.6 Å². The Balaban J connectivity index is 2.10. The first-order chi connectivity index (χ1) is 11.8. The molecular formula is C16H17N3O5S.